The molecule has 3 nitrogen and oxygen atoms in total. The molecule has 0 aromatic rings. The molecule has 0 fully saturated rings. The van der Waals surface area contributed by atoms with Crippen LogP contribution in [0.5, 0.6) is 0 Å². The maximum atomic E-state index is 5.13. The second-order valence-corrected chi connectivity index (χ2v) is 1.78. The van der Waals surface area contributed by atoms with E-state index in [4.69, 9.17) is 16.2 Å². The summed E-state index contributed by atoms with van der Waals surface area (Å²) >= 11 is 0. The monoisotopic (exact) mass is 130 g/mol. The summed E-state index contributed by atoms with van der Waals surface area (Å²) in [5, 5.41) is 0. The Morgan fingerprint density at radius 3 is 2.67 bits per heavy atom. The summed E-state index contributed by atoms with van der Waals surface area (Å²) in [6.07, 6.45) is 2.67. The second kappa shape index (κ2) is 5.44. The molecule has 0 bridgehead atoms. The van der Waals surface area contributed by atoms with E-state index in [1.54, 1.807) is 6.08 Å². The van der Waals surface area contributed by atoms with Gasteiger partial charge in [0.05, 0.1) is 12.4 Å². The Morgan fingerprint density at radius 1 is 1.56 bits per heavy atom. The molecule has 0 aromatic heterocycles. The van der Waals surface area contributed by atoms with Crippen molar-refractivity contribution in [3.8, 4) is 0 Å². The van der Waals surface area contributed by atoms with Gasteiger partial charge in [0.2, 0.25) is 0 Å². The van der Waals surface area contributed by atoms with Gasteiger partial charge in [-0.1, -0.05) is 6.92 Å². The van der Waals surface area contributed by atoms with Crippen molar-refractivity contribution in [2.45, 2.75) is 13.3 Å². The molecule has 54 valence electrons. The Morgan fingerprint density at radius 2 is 2.22 bits per heavy atom. The van der Waals surface area contributed by atoms with Crippen LogP contribution in [0.4, 0.5) is 0 Å². The number of ether oxygens (including phenoxy) is 1. The Hall–Kier alpha value is -0.700. The first-order valence-electron chi connectivity index (χ1n) is 3.06. The van der Waals surface area contributed by atoms with Crippen LogP contribution in [0.2, 0.25) is 0 Å². The van der Waals surface area contributed by atoms with Gasteiger partial charge in [-0.25, -0.2) is 0 Å². The summed E-state index contributed by atoms with van der Waals surface area (Å²) < 4.78 is 5.06. The highest BCUT2D eigenvalue weighted by Gasteiger charge is 1.80. The zero-order chi connectivity index (χ0) is 7.11. The molecule has 0 radical (unpaired) electrons. The lowest BCUT2D eigenvalue weighted by molar-refractivity contribution is 0.162. The van der Waals surface area contributed by atoms with Gasteiger partial charge in [-0.15, -0.1) is 0 Å². The first-order chi connectivity index (χ1) is 4.27. The van der Waals surface area contributed by atoms with Crippen molar-refractivity contribution in [2.24, 2.45) is 11.5 Å². The zero-order valence-corrected chi connectivity index (χ0v) is 5.76. The summed E-state index contributed by atoms with van der Waals surface area (Å²) in [4.78, 5) is 0. The lowest BCUT2D eigenvalue weighted by Gasteiger charge is -1.95. The van der Waals surface area contributed by atoms with Crippen molar-refractivity contribution in [3.05, 3.63) is 11.9 Å². The van der Waals surface area contributed by atoms with Crippen LogP contribution in [-0.2, 0) is 4.74 Å². The molecule has 0 aliphatic rings. The van der Waals surface area contributed by atoms with E-state index in [2.05, 4.69) is 6.92 Å². The SMILES string of the molecule is CCCOCC=C(N)N. The molecular weight excluding hydrogens is 116 g/mol. The summed E-state index contributed by atoms with van der Waals surface area (Å²) in [5.74, 6) is 0.325. The third-order valence-electron chi connectivity index (χ3n) is 0.785. The van der Waals surface area contributed by atoms with Crippen LogP contribution >= 0.6 is 0 Å². The van der Waals surface area contributed by atoms with Gasteiger partial charge in [0, 0.05) is 6.61 Å². The molecule has 0 unspecified atom stereocenters. The lowest BCUT2D eigenvalue weighted by atomic mass is 10.5. The molecular formula is C6H14N2O. The zero-order valence-electron chi connectivity index (χ0n) is 5.76. The predicted molar refractivity (Wildman–Crippen MR) is 37.6 cm³/mol. The van der Waals surface area contributed by atoms with E-state index in [0.717, 1.165) is 13.0 Å². The average molecular weight is 130 g/mol. The lowest BCUT2D eigenvalue weighted by Crippen LogP contribution is -2.09. The molecule has 0 heterocycles. The number of nitrogens with two attached hydrogens (primary N) is 2. The fraction of sp³-hybridized carbons (Fsp3) is 0.667. The molecule has 0 saturated heterocycles. The van der Waals surface area contributed by atoms with Gasteiger partial charge >= 0.3 is 0 Å². The van der Waals surface area contributed by atoms with Crippen molar-refractivity contribution in [1.82, 2.24) is 0 Å². The van der Waals surface area contributed by atoms with E-state index >= 15 is 0 Å². The van der Waals surface area contributed by atoms with Crippen molar-refractivity contribution in [3.63, 3.8) is 0 Å². The molecule has 0 aliphatic carbocycles. The highest BCUT2D eigenvalue weighted by Crippen LogP contribution is 1.80. The topological polar surface area (TPSA) is 61.3 Å². The molecule has 0 rings (SSSR count). The molecule has 0 aromatic carbocycles. The molecule has 3 heteroatoms. The van der Waals surface area contributed by atoms with E-state index < -0.39 is 0 Å². The number of rotatable bonds is 4. The molecule has 4 N–H and O–H groups in total. The standard InChI is InChI=1S/C6H14N2O/c1-2-4-9-5-3-6(7)8/h3H,2,4-5,7-8H2,1H3. The van der Waals surface area contributed by atoms with E-state index in [9.17, 15) is 0 Å². The van der Waals surface area contributed by atoms with E-state index in [1.165, 1.54) is 0 Å². The maximum absolute atomic E-state index is 5.13. The third kappa shape index (κ3) is 7.30. The van der Waals surface area contributed by atoms with Gasteiger partial charge < -0.3 is 16.2 Å². The summed E-state index contributed by atoms with van der Waals surface area (Å²) in [6.45, 7) is 3.34. The van der Waals surface area contributed by atoms with Crippen molar-refractivity contribution in [2.75, 3.05) is 13.2 Å². The minimum Gasteiger partial charge on any atom is -0.386 e. The van der Waals surface area contributed by atoms with E-state index in [-0.39, 0.29) is 0 Å². The smallest absolute Gasteiger partial charge is 0.0915 e. The van der Waals surface area contributed by atoms with Crippen LogP contribution in [0.15, 0.2) is 11.9 Å². The van der Waals surface area contributed by atoms with Crippen molar-refractivity contribution in [1.29, 1.82) is 0 Å². The molecule has 0 aliphatic heterocycles. The molecule has 0 atom stereocenters. The third-order valence-corrected chi connectivity index (χ3v) is 0.785. The van der Waals surface area contributed by atoms with Crippen LogP contribution in [0.25, 0.3) is 0 Å². The van der Waals surface area contributed by atoms with Crippen molar-refractivity contribution >= 4 is 0 Å². The van der Waals surface area contributed by atoms with Gasteiger partial charge in [0.25, 0.3) is 0 Å². The normalized spacial score (nSPS) is 9.00. The molecule has 9 heavy (non-hydrogen) atoms. The van der Waals surface area contributed by atoms with Gasteiger partial charge in [-0.05, 0) is 12.5 Å². The minimum absolute atomic E-state index is 0.325. The number of hydrogen-bond acceptors (Lipinski definition) is 3. The summed E-state index contributed by atoms with van der Waals surface area (Å²) in [7, 11) is 0. The summed E-state index contributed by atoms with van der Waals surface area (Å²) in [5.41, 5.74) is 10.3. The fourth-order valence-electron chi connectivity index (χ4n) is 0.383. The molecule has 0 amide bonds. The Balaban J connectivity index is 3.00. The van der Waals surface area contributed by atoms with E-state index in [0.29, 0.717) is 12.4 Å². The predicted octanol–water partition coefficient (Wildman–Crippen LogP) is 0.172. The molecule has 0 spiro atoms. The Labute approximate surface area is 55.7 Å². The van der Waals surface area contributed by atoms with Gasteiger partial charge in [0.1, 0.15) is 0 Å². The van der Waals surface area contributed by atoms with Crippen LogP contribution in [0.1, 0.15) is 13.3 Å². The van der Waals surface area contributed by atoms with E-state index in [1.807, 2.05) is 0 Å². The summed E-state index contributed by atoms with van der Waals surface area (Å²) in [6, 6.07) is 0. The Kier molecular flexibility index (Phi) is 5.01. The first-order valence-corrected chi connectivity index (χ1v) is 3.06. The van der Waals surface area contributed by atoms with Gasteiger partial charge in [0.15, 0.2) is 0 Å². The molecule has 0 saturated carbocycles. The largest absolute Gasteiger partial charge is 0.386 e. The number of hydrogen-bond donors (Lipinski definition) is 2. The first kappa shape index (κ1) is 8.30. The highest BCUT2D eigenvalue weighted by molar-refractivity contribution is 4.89. The van der Waals surface area contributed by atoms with Crippen LogP contribution in [-0.4, -0.2) is 13.2 Å². The average Bonchev–Trinajstić information content (AvgIpc) is 1.80. The van der Waals surface area contributed by atoms with Crippen LogP contribution < -0.4 is 11.5 Å². The van der Waals surface area contributed by atoms with Crippen molar-refractivity contribution < 1.29 is 4.74 Å². The van der Waals surface area contributed by atoms with Crippen LogP contribution in [0.3, 0.4) is 0 Å². The minimum atomic E-state index is 0.325. The van der Waals surface area contributed by atoms with Crippen LogP contribution in [0, 0.1) is 0 Å². The highest BCUT2D eigenvalue weighted by atomic mass is 16.5. The maximum Gasteiger partial charge on any atom is 0.0915 e. The second-order valence-electron chi connectivity index (χ2n) is 1.78. The Bertz CT molecular complexity index is 87.1. The fourth-order valence-corrected chi connectivity index (χ4v) is 0.383. The quantitative estimate of drug-likeness (QED) is 0.533. The van der Waals surface area contributed by atoms with Gasteiger partial charge in [-0.2, -0.15) is 0 Å². The van der Waals surface area contributed by atoms with Gasteiger partial charge in [-0.3, -0.25) is 0 Å².